The average molecular weight is 475 g/mol. The van der Waals surface area contributed by atoms with E-state index >= 15 is 0 Å². The monoisotopic (exact) mass is 474 g/mol. The van der Waals surface area contributed by atoms with E-state index in [4.69, 9.17) is 10.00 Å². The number of nitrogens with zero attached hydrogens (tertiary/aromatic N) is 4. The molecule has 154 valence electrons. The third-order valence-electron chi connectivity index (χ3n) is 4.47. The van der Waals surface area contributed by atoms with E-state index in [0.717, 1.165) is 0 Å². The lowest BCUT2D eigenvalue weighted by Gasteiger charge is -2.23. The van der Waals surface area contributed by atoms with E-state index in [-0.39, 0.29) is 4.47 Å². The van der Waals surface area contributed by atoms with Crippen LogP contribution >= 0.6 is 15.9 Å². The molecule has 0 radical (unpaired) electrons. The molecule has 9 heteroatoms. The standard InChI is InChI=1S/C21H17BrF2N4O2/c1-13(3-2-8-30-19-5-4-14(11-25)12-26-19)21(29)28-18(6-7-27-28)15-9-16(23)20(22)17(24)10-15/h4-5,7,9-10,12,18H,1-3,6,8H2. The van der Waals surface area contributed by atoms with Gasteiger partial charge in [-0.2, -0.15) is 10.4 Å². The summed E-state index contributed by atoms with van der Waals surface area (Å²) in [7, 11) is 0. The van der Waals surface area contributed by atoms with Crippen molar-refractivity contribution in [1.82, 2.24) is 9.99 Å². The molecule has 1 unspecified atom stereocenters. The first kappa shape index (κ1) is 21.6. The van der Waals surface area contributed by atoms with Crippen molar-refractivity contribution in [3.63, 3.8) is 0 Å². The largest absolute Gasteiger partial charge is 0.478 e. The molecule has 1 aromatic heterocycles. The molecule has 0 N–H and O–H groups in total. The van der Waals surface area contributed by atoms with E-state index in [1.54, 1.807) is 12.1 Å². The summed E-state index contributed by atoms with van der Waals surface area (Å²) in [6.45, 7) is 4.12. The van der Waals surface area contributed by atoms with Crippen LogP contribution < -0.4 is 4.74 Å². The number of hydrazone groups is 1. The van der Waals surface area contributed by atoms with Crippen LogP contribution in [0.3, 0.4) is 0 Å². The molecule has 1 aliphatic rings. The maximum atomic E-state index is 13.9. The minimum absolute atomic E-state index is 0.246. The topological polar surface area (TPSA) is 78.6 Å². The molecule has 0 saturated heterocycles. The second-order valence-electron chi connectivity index (χ2n) is 6.55. The van der Waals surface area contributed by atoms with Crippen molar-refractivity contribution >= 4 is 28.1 Å². The molecular formula is C21H17BrF2N4O2. The van der Waals surface area contributed by atoms with Gasteiger partial charge in [0.25, 0.3) is 5.91 Å². The Morgan fingerprint density at radius 3 is 2.73 bits per heavy atom. The van der Waals surface area contributed by atoms with Crippen LogP contribution in [-0.4, -0.2) is 28.7 Å². The van der Waals surface area contributed by atoms with Gasteiger partial charge in [-0.05, 0) is 52.5 Å². The quantitative estimate of drug-likeness (QED) is 0.331. The lowest BCUT2D eigenvalue weighted by atomic mass is 10.0. The molecule has 0 aliphatic carbocycles. The Kier molecular flexibility index (Phi) is 6.90. The Morgan fingerprint density at radius 2 is 2.10 bits per heavy atom. The number of ether oxygens (including phenoxy) is 1. The first-order chi connectivity index (χ1) is 14.4. The fourth-order valence-corrected chi connectivity index (χ4v) is 3.15. The number of benzene rings is 1. The van der Waals surface area contributed by atoms with E-state index in [9.17, 15) is 13.6 Å². The molecule has 1 aromatic carbocycles. The van der Waals surface area contributed by atoms with Gasteiger partial charge in [0.1, 0.15) is 17.7 Å². The second kappa shape index (κ2) is 9.59. The molecule has 2 aromatic rings. The minimum atomic E-state index is -0.739. The summed E-state index contributed by atoms with van der Waals surface area (Å²) in [5.74, 6) is -1.50. The normalized spacial score (nSPS) is 15.1. The fraction of sp³-hybridized carbons (Fsp3) is 0.238. The molecule has 0 bridgehead atoms. The average Bonchev–Trinajstić information content (AvgIpc) is 3.24. The number of hydrogen-bond donors (Lipinski definition) is 0. The van der Waals surface area contributed by atoms with Crippen molar-refractivity contribution in [2.75, 3.05) is 6.61 Å². The highest BCUT2D eigenvalue weighted by molar-refractivity contribution is 9.10. The van der Waals surface area contributed by atoms with E-state index in [1.165, 1.54) is 29.6 Å². The molecule has 30 heavy (non-hydrogen) atoms. The lowest BCUT2D eigenvalue weighted by molar-refractivity contribution is -0.129. The first-order valence-corrected chi connectivity index (χ1v) is 9.87. The number of hydrogen-bond acceptors (Lipinski definition) is 5. The summed E-state index contributed by atoms with van der Waals surface area (Å²) in [6, 6.07) is 6.95. The van der Waals surface area contributed by atoms with Gasteiger partial charge in [-0.25, -0.2) is 18.8 Å². The number of halogens is 3. The van der Waals surface area contributed by atoms with Gasteiger partial charge in [-0.3, -0.25) is 4.79 Å². The predicted octanol–water partition coefficient (Wildman–Crippen LogP) is 4.67. The van der Waals surface area contributed by atoms with E-state index < -0.39 is 23.6 Å². The van der Waals surface area contributed by atoms with Gasteiger partial charge in [0, 0.05) is 30.5 Å². The molecule has 0 spiro atoms. The van der Waals surface area contributed by atoms with Gasteiger partial charge >= 0.3 is 0 Å². The van der Waals surface area contributed by atoms with Crippen LogP contribution in [0, 0.1) is 23.0 Å². The Bertz CT molecular complexity index is 1010. The summed E-state index contributed by atoms with van der Waals surface area (Å²) in [5, 5.41) is 14.0. The zero-order valence-electron chi connectivity index (χ0n) is 15.8. The number of amides is 1. The summed E-state index contributed by atoms with van der Waals surface area (Å²) in [4.78, 5) is 16.7. The van der Waals surface area contributed by atoms with E-state index in [2.05, 4.69) is 32.6 Å². The molecule has 0 fully saturated rings. The third-order valence-corrected chi connectivity index (χ3v) is 5.23. The van der Waals surface area contributed by atoms with Crippen LogP contribution in [0.2, 0.25) is 0 Å². The SMILES string of the molecule is C=C(CCCOc1ccc(C#N)cn1)C(=O)N1N=CCC1c1cc(F)c(Br)c(F)c1. The van der Waals surface area contributed by atoms with Crippen molar-refractivity contribution in [3.8, 4) is 11.9 Å². The smallest absolute Gasteiger partial charge is 0.269 e. The molecule has 3 rings (SSSR count). The number of nitriles is 1. The number of carbonyl (C=O) groups is 1. The molecule has 1 aliphatic heterocycles. The number of rotatable bonds is 7. The summed E-state index contributed by atoms with van der Waals surface area (Å²) in [6.07, 6.45) is 4.17. The Balaban J connectivity index is 1.55. The van der Waals surface area contributed by atoms with Gasteiger partial charge in [-0.15, -0.1) is 0 Å². The minimum Gasteiger partial charge on any atom is -0.478 e. The van der Waals surface area contributed by atoms with Crippen LogP contribution in [0.4, 0.5) is 8.78 Å². The van der Waals surface area contributed by atoms with Gasteiger partial charge in [0.2, 0.25) is 5.88 Å². The highest BCUT2D eigenvalue weighted by Gasteiger charge is 2.30. The van der Waals surface area contributed by atoms with E-state index in [0.29, 0.717) is 48.4 Å². The van der Waals surface area contributed by atoms with Gasteiger partial charge in [0.05, 0.1) is 22.7 Å². The number of aromatic nitrogens is 1. The molecular weight excluding hydrogens is 458 g/mol. The highest BCUT2D eigenvalue weighted by Crippen LogP contribution is 2.33. The van der Waals surface area contributed by atoms with Crippen molar-refractivity contribution in [1.29, 1.82) is 5.26 Å². The van der Waals surface area contributed by atoms with Crippen molar-refractivity contribution in [2.24, 2.45) is 5.10 Å². The van der Waals surface area contributed by atoms with Crippen LogP contribution in [0.5, 0.6) is 5.88 Å². The maximum Gasteiger partial charge on any atom is 0.269 e. The summed E-state index contributed by atoms with van der Waals surface area (Å²) < 4.78 is 33.0. The van der Waals surface area contributed by atoms with Gasteiger partial charge < -0.3 is 4.74 Å². The third kappa shape index (κ3) is 4.89. The first-order valence-electron chi connectivity index (χ1n) is 9.08. The zero-order chi connectivity index (χ0) is 21.7. The zero-order valence-corrected chi connectivity index (χ0v) is 17.4. The fourth-order valence-electron chi connectivity index (χ4n) is 2.92. The Morgan fingerprint density at radius 1 is 1.37 bits per heavy atom. The van der Waals surface area contributed by atoms with Crippen molar-refractivity contribution < 1.29 is 18.3 Å². The Labute approximate surface area is 180 Å². The van der Waals surface area contributed by atoms with E-state index in [1.807, 2.05) is 6.07 Å². The van der Waals surface area contributed by atoms with Crippen LogP contribution in [-0.2, 0) is 4.79 Å². The summed E-state index contributed by atoms with van der Waals surface area (Å²) >= 11 is 2.84. The maximum absolute atomic E-state index is 13.9. The molecule has 6 nitrogen and oxygen atoms in total. The van der Waals surface area contributed by atoms with Crippen LogP contribution in [0.15, 0.2) is 52.2 Å². The molecule has 0 saturated carbocycles. The van der Waals surface area contributed by atoms with Crippen molar-refractivity contribution in [2.45, 2.75) is 25.3 Å². The second-order valence-corrected chi connectivity index (χ2v) is 7.34. The van der Waals surface area contributed by atoms with Crippen LogP contribution in [0.1, 0.15) is 36.4 Å². The van der Waals surface area contributed by atoms with Crippen LogP contribution in [0.25, 0.3) is 0 Å². The van der Waals surface area contributed by atoms with Crippen molar-refractivity contribution in [3.05, 3.63) is 69.8 Å². The lowest BCUT2D eigenvalue weighted by Crippen LogP contribution is -2.28. The molecule has 2 heterocycles. The van der Waals surface area contributed by atoms with Gasteiger partial charge in [-0.1, -0.05) is 6.58 Å². The highest BCUT2D eigenvalue weighted by atomic mass is 79.9. The number of pyridine rings is 1. The van der Waals surface area contributed by atoms with Gasteiger partial charge in [0.15, 0.2) is 0 Å². The number of carbonyl (C=O) groups excluding carboxylic acids is 1. The predicted molar refractivity (Wildman–Crippen MR) is 110 cm³/mol. The Hall–Kier alpha value is -3.12. The summed E-state index contributed by atoms with van der Waals surface area (Å²) in [5.41, 5.74) is 1.07. The molecule has 1 amide bonds. The molecule has 1 atom stereocenters.